The number of benzene rings is 1. The van der Waals surface area contributed by atoms with Crippen molar-refractivity contribution in [2.45, 2.75) is 17.7 Å². The van der Waals surface area contributed by atoms with Gasteiger partial charge in [-0.15, -0.1) is 0 Å². The van der Waals surface area contributed by atoms with Gasteiger partial charge in [0.1, 0.15) is 0 Å². The third-order valence-corrected chi connectivity index (χ3v) is 4.12. The molecule has 1 heterocycles. The Morgan fingerprint density at radius 1 is 1.41 bits per heavy atom. The zero-order chi connectivity index (χ0) is 16.1. The lowest BCUT2D eigenvalue weighted by atomic mass is 10.1. The van der Waals surface area contributed by atoms with Crippen molar-refractivity contribution in [2.24, 2.45) is 0 Å². The molecule has 0 N–H and O–H groups in total. The summed E-state index contributed by atoms with van der Waals surface area (Å²) in [5.41, 5.74) is 2.07. The quantitative estimate of drug-likeness (QED) is 0.364. The molecule has 1 aromatic carbocycles. The van der Waals surface area contributed by atoms with E-state index in [2.05, 4.69) is 9.72 Å². The summed E-state index contributed by atoms with van der Waals surface area (Å²) in [7, 11) is 1.22. The van der Waals surface area contributed by atoms with E-state index in [-0.39, 0.29) is 16.3 Å². The largest absolute Gasteiger partial charge is 0.465 e. The van der Waals surface area contributed by atoms with Crippen molar-refractivity contribution in [3.05, 3.63) is 63.3 Å². The summed E-state index contributed by atoms with van der Waals surface area (Å²) in [4.78, 5) is 26.1. The third kappa shape index (κ3) is 3.62. The van der Waals surface area contributed by atoms with Crippen molar-refractivity contribution in [3.63, 3.8) is 0 Å². The minimum atomic E-state index is -0.647. The van der Waals surface area contributed by atoms with Gasteiger partial charge in [-0.05, 0) is 18.1 Å². The van der Waals surface area contributed by atoms with Crippen LogP contribution < -0.4 is 0 Å². The van der Waals surface area contributed by atoms with Crippen LogP contribution in [-0.2, 0) is 10.5 Å². The summed E-state index contributed by atoms with van der Waals surface area (Å²) in [6, 6.07) is 9.01. The zero-order valence-electron chi connectivity index (χ0n) is 12.1. The SMILES string of the molecule is COC(=O)c1cnc(SCc2ccccc2C)c([N+](=O)[O-])c1. The maximum absolute atomic E-state index is 11.4. The molecule has 0 radical (unpaired) electrons. The van der Waals surface area contributed by atoms with E-state index in [0.29, 0.717) is 5.75 Å². The Bertz CT molecular complexity index is 718. The van der Waals surface area contributed by atoms with E-state index in [4.69, 9.17) is 0 Å². The number of carbonyl (C=O) groups is 1. The second-order valence-electron chi connectivity index (χ2n) is 4.51. The molecule has 2 aromatic rings. The molecule has 0 bridgehead atoms. The Morgan fingerprint density at radius 2 is 2.14 bits per heavy atom. The smallest absolute Gasteiger partial charge is 0.339 e. The molecule has 0 aliphatic carbocycles. The molecule has 0 saturated heterocycles. The van der Waals surface area contributed by atoms with Crippen LogP contribution in [0, 0.1) is 17.0 Å². The van der Waals surface area contributed by atoms with Crippen molar-refractivity contribution in [2.75, 3.05) is 7.11 Å². The molecule has 2 rings (SSSR count). The first-order chi connectivity index (χ1) is 10.5. The van der Waals surface area contributed by atoms with E-state index in [0.717, 1.165) is 11.1 Å². The molecule has 7 heteroatoms. The molecule has 1 aromatic heterocycles. The van der Waals surface area contributed by atoms with Gasteiger partial charge in [0, 0.05) is 18.0 Å². The van der Waals surface area contributed by atoms with E-state index in [1.165, 1.54) is 31.1 Å². The van der Waals surface area contributed by atoms with Crippen LogP contribution in [0.25, 0.3) is 0 Å². The van der Waals surface area contributed by atoms with Crippen LogP contribution in [0.3, 0.4) is 0 Å². The minimum absolute atomic E-state index is 0.0643. The molecule has 0 saturated carbocycles. The number of aromatic nitrogens is 1. The van der Waals surface area contributed by atoms with Crippen LogP contribution in [-0.4, -0.2) is 23.0 Å². The van der Waals surface area contributed by atoms with Gasteiger partial charge in [-0.1, -0.05) is 36.0 Å². The highest BCUT2D eigenvalue weighted by Crippen LogP contribution is 2.31. The Morgan fingerprint density at radius 3 is 2.77 bits per heavy atom. The molecular weight excluding hydrogens is 304 g/mol. The molecular formula is C15H14N2O4S. The van der Waals surface area contributed by atoms with E-state index in [9.17, 15) is 14.9 Å². The van der Waals surface area contributed by atoms with Crippen molar-refractivity contribution in [1.82, 2.24) is 4.98 Å². The summed E-state index contributed by atoms with van der Waals surface area (Å²) in [6.45, 7) is 1.98. The van der Waals surface area contributed by atoms with Crippen molar-refractivity contribution < 1.29 is 14.5 Å². The van der Waals surface area contributed by atoms with Crippen LogP contribution >= 0.6 is 11.8 Å². The summed E-state index contributed by atoms with van der Waals surface area (Å²) < 4.78 is 4.55. The van der Waals surface area contributed by atoms with Crippen molar-refractivity contribution in [3.8, 4) is 0 Å². The fraction of sp³-hybridized carbons (Fsp3) is 0.200. The van der Waals surface area contributed by atoms with Crippen LogP contribution in [0.5, 0.6) is 0 Å². The maximum Gasteiger partial charge on any atom is 0.339 e. The molecule has 0 unspecified atom stereocenters. The van der Waals surface area contributed by atoms with Crippen LogP contribution in [0.1, 0.15) is 21.5 Å². The normalized spacial score (nSPS) is 10.3. The van der Waals surface area contributed by atoms with Crippen molar-refractivity contribution in [1.29, 1.82) is 0 Å². The van der Waals surface area contributed by atoms with E-state index >= 15 is 0 Å². The second-order valence-corrected chi connectivity index (χ2v) is 5.48. The Balaban J connectivity index is 2.25. The van der Waals surface area contributed by atoms with Gasteiger partial charge >= 0.3 is 11.7 Å². The molecule has 0 aliphatic heterocycles. The molecule has 114 valence electrons. The lowest BCUT2D eigenvalue weighted by Crippen LogP contribution is -2.04. The molecule has 0 atom stereocenters. The first-order valence-corrected chi connectivity index (χ1v) is 7.41. The number of nitro groups is 1. The highest BCUT2D eigenvalue weighted by atomic mass is 32.2. The second kappa shape index (κ2) is 7.04. The molecule has 0 amide bonds. The Labute approximate surface area is 131 Å². The molecule has 0 aliphatic rings. The van der Waals surface area contributed by atoms with Gasteiger partial charge in [-0.25, -0.2) is 9.78 Å². The summed E-state index contributed by atoms with van der Waals surface area (Å²) in [6.07, 6.45) is 1.29. The number of carbonyl (C=O) groups excluding carboxylic acids is 1. The van der Waals surface area contributed by atoms with Crippen LogP contribution in [0.2, 0.25) is 0 Å². The van der Waals surface area contributed by atoms with Crippen molar-refractivity contribution >= 4 is 23.4 Å². The summed E-state index contributed by atoms with van der Waals surface area (Å²) in [5, 5.41) is 11.4. The fourth-order valence-corrected chi connectivity index (χ4v) is 2.85. The number of methoxy groups -OCH3 is 1. The predicted octanol–water partition coefficient (Wildman–Crippen LogP) is 3.38. The number of hydrogen-bond donors (Lipinski definition) is 0. The number of nitrogens with zero attached hydrogens (tertiary/aromatic N) is 2. The number of hydrogen-bond acceptors (Lipinski definition) is 6. The molecule has 0 fully saturated rings. The highest BCUT2D eigenvalue weighted by Gasteiger charge is 2.20. The van der Waals surface area contributed by atoms with Gasteiger partial charge in [0.15, 0.2) is 5.03 Å². The number of thioether (sulfide) groups is 1. The predicted molar refractivity (Wildman–Crippen MR) is 83.0 cm³/mol. The summed E-state index contributed by atoms with van der Waals surface area (Å²) >= 11 is 1.27. The van der Waals surface area contributed by atoms with Gasteiger partial charge in [0.25, 0.3) is 0 Å². The standard InChI is InChI=1S/C15H14N2O4S/c1-10-5-3-4-6-11(10)9-22-14-13(17(19)20)7-12(8-16-14)15(18)21-2/h3-8H,9H2,1-2H3. The van der Waals surface area contributed by atoms with Crippen LogP contribution in [0.15, 0.2) is 41.6 Å². The lowest BCUT2D eigenvalue weighted by molar-refractivity contribution is -0.388. The summed E-state index contributed by atoms with van der Waals surface area (Å²) in [5.74, 6) is -0.0796. The number of rotatable bonds is 5. The molecule has 6 nitrogen and oxygen atoms in total. The first kappa shape index (κ1) is 16.0. The number of pyridine rings is 1. The topological polar surface area (TPSA) is 82.3 Å². The molecule has 22 heavy (non-hydrogen) atoms. The van der Waals surface area contributed by atoms with Gasteiger partial charge in [0.05, 0.1) is 17.6 Å². The fourth-order valence-electron chi connectivity index (χ4n) is 1.83. The Kier molecular flexibility index (Phi) is 5.11. The van der Waals surface area contributed by atoms with E-state index < -0.39 is 10.9 Å². The average molecular weight is 318 g/mol. The maximum atomic E-state index is 11.4. The van der Waals surface area contributed by atoms with E-state index in [1.807, 2.05) is 31.2 Å². The first-order valence-electron chi connectivity index (χ1n) is 6.43. The minimum Gasteiger partial charge on any atom is -0.465 e. The van der Waals surface area contributed by atoms with Gasteiger partial charge < -0.3 is 4.74 Å². The number of esters is 1. The number of ether oxygens (including phenoxy) is 1. The zero-order valence-corrected chi connectivity index (χ0v) is 12.9. The number of aryl methyl sites for hydroxylation is 1. The van der Waals surface area contributed by atoms with Gasteiger partial charge in [-0.2, -0.15) is 0 Å². The Hall–Kier alpha value is -2.41. The highest BCUT2D eigenvalue weighted by molar-refractivity contribution is 7.98. The van der Waals surface area contributed by atoms with E-state index in [1.54, 1.807) is 0 Å². The van der Waals surface area contributed by atoms with Gasteiger partial charge in [0.2, 0.25) is 0 Å². The lowest BCUT2D eigenvalue weighted by Gasteiger charge is -2.06. The molecule has 0 spiro atoms. The monoisotopic (exact) mass is 318 g/mol. The third-order valence-electron chi connectivity index (χ3n) is 3.08. The van der Waals surface area contributed by atoms with Crippen LogP contribution in [0.4, 0.5) is 5.69 Å². The average Bonchev–Trinajstić information content (AvgIpc) is 2.53. The van der Waals surface area contributed by atoms with Gasteiger partial charge in [-0.3, -0.25) is 10.1 Å².